The van der Waals surface area contributed by atoms with Crippen LogP contribution in [0, 0.1) is 0 Å². The van der Waals surface area contributed by atoms with Crippen LogP contribution in [0.5, 0.6) is 0 Å². The number of nitrogens with zero attached hydrogens (tertiary/aromatic N) is 3. The maximum absolute atomic E-state index is 12.5. The molecule has 0 spiro atoms. The largest absolute Gasteiger partial charge is 0.433 e. The molecule has 0 atom stereocenters. The van der Waals surface area contributed by atoms with Crippen molar-refractivity contribution in [1.82, 2.24) is 14.5 Å². The molecule has 4 nitrogen and oxygen atoms in total. The summed E-state index contributed by atoms with van der Waals surface area (Å²) in [5, 5.41) is 3.33. The second-order valence-corrected chi connectivity index (χ2v) is 5.15. The summed E-state index contributed by atoms with van der Waals surface area (Å²) in [5.74, 6) is 0.642. The Hall–Kier alpha value is -2.05. The van der Waals surface area contributed by atoms with Crippen molar-refractivity contribution >= 4 is 5.95 Å². The maximum atomic E-state index is 12.5. The van der Waals surface area contributed by atoms with Gasteiger partial charge in [-0.2, -0.15) is 13.2 Å². The lowest BCUT2D eigenvalue weighted by molar-refractivity contribution is -0.141. The number of imidazole rings is 1. The first-order valence-corrected chi connectivity index (χ1v) is 6.87. The lowest BCUT2D eigenvalue weighted by Crippen LogP contribution is -2.17. The Morgan fingerprint density at radius 2 is 1.90 bits per heavy atom. The van der Waals surface area contributed by atoms with Crippen molar-refractivity contribution in [3.8, 4) is 5.69 Å². The van der Waals surface area contributed by atoms with Crippen molar-refractivity contribution in [2.45, 2.75) is 37.9 Å². The van der Waals surface area contributed by atoms with Crippen LogP contribution in [0.25, 0.3) is 5.69 Å². The molecular formula is C14H15F3N4. The second-order valence-electron chi connectivity index (χ2n) is 5.15. The van der Waals surface area contributed by atoms with Crippen LogP contribution in [0.3, 0.4) is 0 Å². The molecule has 21 heavy (non-hydrogen) atoms. The molecule has 1 N–H and O–H groups in total. The van der Waals surface area contributed by atoms with Gasteiger partial charge >= 0.3 is 6.18 Å². The van der Waals surface area contributed by atoms with Crippen LogP contribution in [0.2, 0.25) is 0 Å². The average Bonchev–Trinajstić information content (AvgIpc) is 3.10. The van der Waals surface area contributed by atoms with Crippen molar-refractivity contribution in [1.29, 1.82) is 0 Å². The summed E-state index contributed by atoms with van der Waals surface area (Å²) in [6.45, 7) is 0. The molecule has 2 aromatic heterocycles. The molecule has 1 saturated carbocycles. The number of aromatic nitrogens is 3. The molecule has 2 heterocycles. The molecule has 7 heteroatoms. The molecule has 0 bridgehead atoms. The highest BCUT2D eigenvalue weighted by molar-refractivity contribution is 5.41. The first kappa shape index (κ1) is 13.9. The summed E-state index contributed by atoms with van der Waals surface area (Å²) in [7, 11) is 0. The number of anilines is 1. The third kappa shape index (κ3) is 3.01. The van der Waals surface area contributed by atoms with Crippen LogP contribution < -0.4 is 5.32 Å². The third-order valence-electron chi connectivity index (χ3n) is 3.65. The molecule has 1 aliphatic carbocycles. The fourth-order valence-corrected chi connectivity index (χ4v) is 2.57. The molecule has 0 aromatic carbocycles. The number of hydrogen-bond acceptors (Lipinski definition) is 3. The van der Waals surface area contributed by atoms with Gasteiger partial charge in [-0.3, -0.25) is 4.57 Å². The number of pyridine rings is 1. The number of alkyl halides is 3. The predicted molar refractivity (Wildman–Crippen MR) is 72.2 cm³/mol. The Kier molecular flexibility index (Phi) is 3.57. The van der Waals surface area contributed by atoms with E-state index in [0.29, 0.717) is 17.7 Å². The van der Waals surface area contributed by atoms with E-state index in [1.807, 2.05) is 0 Å². The van der Waals surface area contributed by atoms with Gasteiger partial charge in [-0.25, -0.2) is 9.97 Å². The number of nitrogens with one attached hydrogen (secondary N) is 1. The number of halogens is 3. The molecule has 1 aliphatic rings. The van der Waals surface area contributed by atoms with Crippen LogP contribution >= 0.6 is 0 Å². The van der Waals surface area contributed by atoms with Crippen LogP contribution in [-0.4, -0.2) is 20.6 Å². The summed E-state index contributed by atoms with van der Waals surface area (Å²) in [4.78, 5) is 7.71. The summed E-state index contributed by atoms with van der Waals surface area (Å²) in [5.41, 5.74) is -0.335. The van der Waals surface area contributed by atoms with E-state index in [2.05, 4.69) is 15.3 Å². The Bertz CT molecular complexity index is 597. The molecule has 2 aromatic rings. The Labute approximate surface area is 120 Å². The van der Waals surface area contributed by atoms with E-state index in [9.17, 15) is 13.2 Å². The molecule has 1 fully saturated rings. The summed E-state index contributed by atoms with van der Waals surface area (Å²) < 4.78 is 39.3. The molecular weight excluding hydrogens is 281 g/mol. The van der Waals surface area contributed by atoms with Crippen LogP contribution in [0.1, 0.15) is 31.4 Å². The molecule has 3 rings (SSSR count). The van der Waals surface area contributed by atoms with Crippen LogP contribution in [-0.2, 0) is 6.18 Å². The highest BCUT2D eigenvalue weighted by atomic mass is 19.4. The van der Waals surface area contributed by atoms with Gasteiger partial charge in [0.1, 0.15) is 5.69 Å². The lowest BCUT2D eigenvalue weighted by Gasteiger charge is -2.15. The van der Waals surface area contributed by atoms with Crippen molar-refractivity contribution in [2.24, 2.45) is 0 Å². The van der Waals surface area contributed by atoms with Gasteiger partial charge in [0.15, 0.2) is 0 Å². The third-order valence-corrected chi connectivity index (χ3v) is 3.65. The van der Waals surface area contributed by atoms with E-state index < -0.39 is 11.9 Å². The summed E-state index contributed by atoms with van der Waals surface area (Å²) in [6, 6.07) is 2.76. The maximum Gasteiger partial charge on any atom is 0.433 e. The van der Waals surface area contributed by atoms with E-state index >= 15 is 0 Å². The SMILES string of the molecule is FC(F)(F)c1ccc(-n2ccnc2NC2CCCC2)cn1. The fraction of sp³-hybridized carbons (Fsp3) is 0.429. The summed E-state index contributed by atoms with van der Waals surface area (Å²) in [6.07, 6.45) is 4.70. The number of hydrogen-bond donors (Lipinski definition) is 1. The topological polar surface area (TPSA) is 42.7 Å². The van der Waals surface area contributed by atoms with Crippen LogP contribution in [0.15, 0.2) is 30.7 Å². The molecule has 0 saturated heterocycles. The molecule has 0 amide bonds. The van der Waals surface area contributed by atoms with Gasteiger partial charge in [-0.15, -0.1) is 0 Å². The number of rotatable bonds is 3. The second kappa shape index (κ2) is 5.38. The molecule has 0 aliphatic heterocycles. The Morgan fingerprint density at radius 1 is 1.14 bits per heavy atom. The summed E-state index contributed by atoms with van der Waals surface area (Å²) >= 11 is 0. The molecule has 0 radical (unpaired) electrons. The standard InChI is InChI=1S/C14H15F3N4/c15-14(16,17)12-6-5-11(9-19-12)21-8-7-18-13(21)20-10-3-1-2-4-10/h5-10H,1-4H2,(H,18,20). The Balaban J connectivity index is 1.82. The van der Waals surface area contributed by atoms with Gasteiger partial charge in [0.05, 0.1) is 11.9 Å². The van der Waals surface area contributed by atoms with Crippen molar-refractivity contribution in [3.63, 3.8) is 0 Å². The zero-order valence-corrected chi connectivity index (χ0v) is 11.3. The van der Waals surface area contributed by atoms with E-state index in [0.717, 1.165) is 18.9 Å². The van der Waals surface area contributed by atoms with Crippen molar-refractivity contribution in [3.05, 3.63) is 36.4 Å². The zero-order chi connectivity index (χ0) is 14.9. The van der Waals surface area contributed by atoms with E-state index in [1.165, 1.54) is 25.1 Å². The average molecular weight is 296 g/mol. The van der Waals surface area contributed by atoms with Crippen molar-refractivity contribution < 1.29 is 13.2 Å². The first-order chi connectivity index (χ1) is 10.0. The fourth-order valence-electron chi connectivity index (χ4n) is 2.57. The minimum atomic E-state index is -4.42. The van der Waals surface area contributed by atoms with Gasteiger partial charge in [0.25, 0.3) is 0 Å². The molecule has 0 unspecified atom stereocenters. The van der Waals surface area contributed by atoms with E-state index in [1.54, 1.807) is 17.0 Å². The highest BCUT2D eigenvalue weighted by Gasteiger charge is 2.32. The van der Waals surface area contributed by atoms with E-state index in [-0.39, 0.29) is 0 Å². The van der Waals surface area contributed by atoms with Gasteiger partial charge in [-0.05, 0) is 25.0 Å². The zero-order valence-electron chi connectivity index (χ0n) is 11.3. The van der Waals surface area contributed by atoms with Gasteiger partial charge in [0, 0.05) is 18.4 Å². The van der Waals surface area contributed by atoms with Gasteiger partial charge in [0.2, 0.25) is 5.95 Å². The smallest absolute Gasteiger partial charge is 0.353 e. The van der Waals surface area contributed by atoms with Crippen LogP contribution in [0.4, 0.5) is 19.1 Å². The van der Waals surface area contributed by atoms with Crippen molar-refractivity contribution in [2.75, 3.05) is 5.32 Å². The monoisotopic (exact) mass is 296 g/mol. The normalized spacial score (nSPS) is 16.3. The predicted octanol–water partition coefficient (Wildman–Crippen LogP) is 3.64. The van der Waals surface area contributed by atoms with Gasteiger partial charge < -0.3 is 5.32 Å². The quantitative estimate of drug-likeness (QED) is 0.940. The van der Waals surface area contributed by atoms with E-state index in [4.69, 9.17) is 0 Å². The molecule has 112 valence electrons. The minimum absolute atomic E-state index is 0.383. The first-order valence-electron chi connectivity index (χ1n) is 6.87. The van der Waals surface area contributed by atoms with Gasteiger partial charge in [-0.1, -0.05) is 12.8 Å². The minimum Gasteiger partial charge on any atom is -0.353 e. The highest BCUT2D eigenvalue weighted by Crippen LogP contribution is 2.28. The Morgan fingerprint density at radius 3 is 2.52 bits per heavy atom. The lowest BCUT2D eigenvalue weighted by atomic mass is 10.2.